The fourth-order valence-electron chi connectivity index (χ4n) is 1.57. The summed E-state index contributed by atoms with van der Waals surface area (Å²) in [6, 6.07) is 7.90. The number of rotatable bonds is 6. The molecule has 0 fully saturated rings. The number of nitrogens with one attached hydrogen (secondary N) is 1. The molecule has 0 aliphatic heterocycles. The lowest BCUT2D eigenvalue weighted by Crippen LogP contribution is -2.41. The highest BCUT2D eigenvalue weighted by Crippen LogP contribution is 2.04. The van der Waals surface area contributed by atoms with Crippen LogP contribution in [0.15, 0.2) is 30.3 Å². The van der Waals surface area contributed by atoms with Gasteiger partial charge in [-0.25, -0.2) is 4.79 Å². The molecule has 1 amide bonds. The molecule has 0 radical (unpaired) electrons. The van der Waals surface area contributed by atoms with Gasteiger partial charge in [-0.3, -0.25) is 9.59 Å². The number of carboxylic acid groups (broad SMARTS) is 1. The van der Waals surface area contributed by atoms with Gasteiger partial charge in [0.2, 0.25) is 5.91 Å². The fourth-order valence-corrected chi connectivity index (χ4v) is 1.57. The third kappa shape index (κ3) is 4.78. The Morgan fingerprint density at radius 3 is 2.33 bits per heavy atom. The average Bonchev–Trinajstić information content (AvgIpc) is 2.28. The quantitative estimate of drug-likeness (QED) is 0.780. The number of amides is 1. The van der Waals surface area contributed by atoms with E-state index in [1.165, 1.54) is 6.92 Å². The van der Waals surface area contributed by atoms with Gasteiger partial charge in [0.15, 0.2) is 0 Å². The molecule has 1 unspecified atom stereocenters. The highest BCUT2D eigenvalue weighted by atomic mass is 16.4. The van der Waals surface area contributed by atoms with E-state index < -0.39 is 17.9 Å². The van der Waals surface area contributed by atoms with Crippen molar-refractivity contribution in [2.24, 2.45) is 0 Å². The molecular formula is C13H15NO4. The third-order valence-corrected chi connectivity index (χ3v) is 2.35. The van der Waals surface area contributed by atoms with E-state index in [1.54, 1.807) is 12.1 Å². The predicted molar refractivity (Wildman–Crippen MR) is 65.0 cm³/mol. The standard InChI is InChI=1S/C13H15NO4/c1-9(15)14-12(13(17)18)8-11(16)7-10-5-3-2-4-6-10/h2-6,12H,7-8H2,1H3,(H,14,15)(H,17,18). The van der Waals surface area contributed by atoms with Crippen LogP contribution < -0.4 is 5.32 Å². The zero-order chi connectivity index (χ0) is 13.5. The summed E-state index contributed by atoms with van der Waals surface area (Å²) in [4.78, 5) is 33.4. The number of carbonyl (C=O) groups excluding carboxylic acids is 2. The monoisotopic (exact) mass is 249 g/mol. The van der Waals surface area contributed by atoms with Gasteiger partial charge in [-0.1, -0.05) is 30.3 Å². The van der Waals surface area contributed by atoms with Gasteiger partial charge in [0.05, 0.1) is 0 Å². The number of aliphatic carboxylic acids is 1. The summed E-state index contributed by atoms with van der Waals surface area (Å²) in [7, 11) is 0. The third-order valence-electron chi connectivity index (χ3n) is 2.35. The summed E-state index contributed by atoms with van der Waals surface area (Å²) in [6.07, 6.45) is -0.0337. The van der Waals surface area contributed by atoms with Crippen LogP contribution in [0.1, 0.15) is 18.9 Å². The first kappa shape index (κ1) is 13.9. The topological polar surface area (TPSA) is 83.5 Å². The number of carbonyl (C=O) groups is 3. The minimum Gasteiger partial charge on any atom is -0.480 e. The van der Waals surface area contributed by atoms with E-state index in [4.69, 9.17) is 5.11 Å². The molecule has 0 spiro atoms. The Hall–Kier alpha value is -2.17. The molecule has 0 aliphatic rings. The summed E-state index contributed by atoms with van der Waals surface area (Å²) in [5, 5.41) is 11.1. The van der Waals surface area contributed by atoms with Crippen LogP contribution in [0.2, 0.25) is 0 Å². The van der Waals surface area contributed by atoms with Crippen LogP contribution in [0.25, 0.3) is 0 Å². The van der Waals surface area contributed by atoms with Crippen LogP contribution in [0.4, 0.5) is 0 Å². The van der Waals surface area contributed by atoms with Gasteiger partial charge >= 0.3 is 5.97 Å². The summed E-state index contributed by atoms with van der Waals surface area (Å²) in [6.45, 7) is 1.22. The molecule has 1 atom stereocenters. The number of hydrogen-bond acceptors (Lipinski definition) is 3. The van der Waals surface area contributed by atoms with Crippen LogP contribution in [0, 0.1) is 0 Å². The molecule has 0 saturated carbocycles. The number of benzene rings is 1. The van der Waals surface area contributed by atoms with Crippen LogP contribution in [-0.2, 0) is 20.8 Å². The average molecular weight is 249 g/mol. The van der Waals surface area contributed by atoms with Crippen molar-refractivity contribution < 1.29 is 19.5 Å². The number of carboxylic acids is 1. The van der Waals surface area contributed by atoms with E-state index in [1.807, 2.05) is 18.2 Å². The molecule has 0 aromatic heterocycles. The SMILES string of the molecule is CC(=O)NC(CC(=O)Cc1ccccc1)C(=O)O. The lowest BCUT2D eigenvalue weighted by atomic mass is 10.0. The molecule has 1 aromatic rings. The molecule has 18 heavy (non-hydrogen) atoms. The van der Waals surface area contributed by atoms with Gasteiger partial charge in [0.25, 0.3) is 0 Å². The minimum atomic E-state index is -1.20. The van der Waals surface area contributed by atoms with Crippen molar-refractivity contribution in [3.05, 3.63) is 35.9 Å². The first-order valence-corrected chi connectivity index (χ1v) is 5.54. The maximum atomic E-state index is 11.7. The Balaban J connectivity index is 2.56. The molecule has 0 aliphatic carbocycles. The van der Waals surface area contributed by atoms with E-state index in [9.17, 15) is 14.4 Å². The Morgan fingerprint density at radius 1 is 1.22 bits per heavy atom. The van der Waals surface area contributed by atoms with Gasteiger partial charge in [0, 0.05) is 19.8 Å². The van der Waals surface area contributed by atoms with Crippen molar-refractivity contribution >= 4 is 17.7 Å². The molecule has 0 bridgehead atoms. The second-order valence-electron chi connectivity index (χ2n) is 4.00. The Kier molecular flexibility index (Phi) is 5.05. The number of hydrogen-bond donors (Lipinski definition) is 2. The summed E-state index contributed by atoms with van der Waals surface area (Å²) in [5.41, 5.74) is 0.828. The molecule has 0 heterocycles. The first-order valence-electron chi connectivity index (χ1n) is 5.54. The minimum absolute atomic E-state index is 0.171. The summed E-state index contributed by atoms with van der Waals surface area (Å²) >= 11 is 0. The van der Waals surface area contributed by atoms with Crippen molar-refractivity contribution in [1.29, 1.82) is 0 Å². The van der Waals surface area contributed by atoms with E-state index in [0.29, 0.717) is 0 Å². The molecule has 1 aromatic carbocycles. The van der Waals surface area contributed by atoms with Gasteiger partial charge in [0.1, 0.15) is 11.8 Å². The van der Waals surface area contributed by atoms with Crippen molar-refractivity contribution in [1.82, 2.24) is 5.32 Å². The second kappa shape index (κ2) is 6.54. The highest BCUT2D eigenvalue weighted by molar-refractivity contribution is 5.89. The Labute approximate surface area is 105 Å². The molecule has 2 N–H and O–H groups in total. The van der Waals surface area contributed by atoms with Crippen molar-refractivity contribution in [2.45, 2.75) is 25.8 Å². The van der Waals surface area contributed by atoms with Crippen LogP contribution >= 0.6 is 0 Å². The van der Waals surface area contributed by atoms with Gasteiger partial charge in [-0.05, 0) is 5.56 Å². The molecule has 5 heteroatoms. The predicted octanol–water partition coefficient (Wildman–Crippen LogP) is 0.778. The molecular weight excluding hydrogens is 234 g/mol. The van der Waals surface area contributed by atoms with E-state index in [2.05, 4.69) is 5.32 Å². The van der Waals surface area contributed by atoms with E-state index in [0.717, 1.165) is 5.56 Å². The van der Waals surface area contributed by atoms with Crippen LogP contribution in [-0.4, -0.2) is 28.8 Å². The van der Waals surface area contributed by atoms with Gasteiger partial charge in [-0.15, -0.1) is 0 Å². The Bertz CT molecular complexity index is 442. The van der Waals surface area contributed by atoms with Crippen molar-refractivity contribution in [2.75, 3.05) is 0 Å². The zero-order valence-electron chi connectivity index (χ0n) is 10.1. The maximum absolute atomic E-state index is 11.7. The Morgan fingerprint density at radius 2 is 1.83 bits per heavy atom. The summed E-state index contributed by atoms with van der Waals surface area (Å²) in [5.74, 6) is -1.89. The first-order chi connectivity index (χ1) is 8.49. The number of Topliss-reactive ketones (excluding diaryl/α,β-unsaturated/α-hetero) is 1. The molecule has 5 nitrogen and oxygen atoms in total. The largest absolute Gasteiger partial charge is 0.480 e. The van der Waals surface area contributed by atoms with Crippen LogP contribution in [0.5, 0.6) is 0 Å². The van der Waals surface area contributed by atoms with Crippen molar-refractivity contribution in [3.8, 4) is 0 Å². The van der Waals surface area contributed by atoms with Crippen LogP contribution in [0.3, 0.4) is 0 Å². The lowest BCUT2D eigenvalue weighted by molar-refractivity contribution is -0.143. The fraction of sp³-hybridized carbons (Fsp3) is 0.308. The molecule has 0 saturated heterocycles. The zero-order valence-corrected chi connectivity index (χ0v) is 10.1. The summed E-state index contributed by atoms with van der Waals surface area (Å²) < 4.78 is 0. The normalized spacial score (nSPS) is 11.6. The molecule has 96 valence electrons. The highest BCUT2D eigenvalue weighted by Gasteiger charge is 2.21. The van der Waals surface area contributed by atoms with Gasteiger partial charge < -0.3 is 10.4 Å². The van der Waals surface area contributed by atoms with Crippen molar-refractivity contribution in [3.63, 3.8) is 0 Å². The maximum Gasteiger partial charge on any atom is 0.326 e. The molecule has 1 rings (SSSR count). The second-order valence-corrected chi connectivity index (χ2v) is 4.00. The van der Waals surface area contributed by atoms with E-state index >= 15 is 0 Å². The van der Waals surface area contributed by atoms with E-state index in [-0.39, 0.29) is 18.6 Å². The van der Waals surface area contributed by atoms with Gasteiger partial charge in [-0.2, -0.15) is 0 Å². The number of ketones is 1. The smallest absolute Gasteiger partial charge is 0.326 e. The lowest BCUT2D eigenvalue weighted by Gasteiger charge is -2.12.